The highest BCUT2D eigenvalue weighted by molar-refractivity contribution is 7.80. The average molecular weight is 257 g/mol. The van der Waals surface area contributed by atoms with Crippen LogP contribution in [-0.2, 0) is 0 Å². The van der Waals surface area contributed by atoms with Crippen molar-refractivity contribution in [1.29, 1.82) is 0 Å². The van der Waals surface area contributed by atoms with E-state index in [4.69, 9.17) is 22.7 Å². The van der Waals surface area contributed by atoms with Crippen LogP contribution in [0, 0.1) is 13.8 Å². The minimum absolute atomic E-state index is 0.343. The number of benzene rings is 2. The third-order valence-corrected chi connectivity index (χ3v) is 2.94. The average Bonchev–Trinajstić information content (AvgIpc) is 2.34. The number of thiocarbonyl (C=S) groups is 1. The molecular formula is C15H15NOS. The third kappa shape index (κ3) is 2.68. The summed E-state index contributed by atoms with van der Waals surface area (Å²) in [5.74, 6) is 1.53. The van der Waals surface area contributed by atoms with Crippen molar-refractivity contribution in [2.75, 3.05) is 0 Å². The van der Waals surface area contributed by atoms with Crippen LogP contribution in [0.2, 0.25) is 0 Å². The molecule has 92 valence electrons. The van der Waals surface area contributed by atoms with E-state index >= 15 is 0 Å². The van der Waals surface area contributed by atoms with Gasteiger partial charge >= 0.3 is 0 Å². The number of rotatable bonds is 3. The predicted molar refractivity (Wildman–Crippen MR) is 78.3 cm³/mol. The van der Waals surface area contributed by atoms with E-state index in [0.717, 1.165) is 22.4 Å². The highest BCUT2D eigenvalue weighted by atomic mass is 32.1. The van der Waals surface area contributed by atoms with E-state index in [2.05, 4.69) is 6.07 Å². The van der Waals surface area contributed by atoms with Crippen LogP contribution in [0.4, 0.5) is 0 Å². The van der Waals surface area contributed by atoms with Crippen LogP contribution in [0.25, 0.3) is 0 Å². The zero-order valence-electron chi connectivity index (χ0n) is 10.4. The highest BCUT2D eigenvalue weighted by Gasteiger charge is 2.08. The molecule has 0 atom stereocenters. The van der Waals surface area contributed by atoms with Gasteiger partial charge in [-0.3, -0.25) is 0 Å². The molecule has 18 heavy (non-hydrogen) atoms. The molecule has 2 nitrogen and oxygen atoms in total. The third-order valence-electron chi connectivity index (χ3n) is 2.72. The molecule has 2 rings (SSSR count). The fraction of sp³-hybridized carbons (Fsp3) is 0.133. The molecule has 0 aromatic heterocycles. The summed E-state index contributed by atoms with van der Waals surface area (Å²) in [6.45, 7) is 4.05. The Balaban J connectivity index is 2.40. The highest BCUT2D eigenvalue weighted by Crippen LogP contribution is 2.28. The van der Waals surface area contributed by atoms with Crippen molar-refractivity contribution in [3.05, 3.63) is 59.2 Å². The smallest absolute Gasteiger partial charge is 0.137 e. The van der Waals surface area contributed by atoms with Gasteiger partial charge in [-0.15, -0.1) is 0 Å². The minimum atomic E-state index is 0.343. The van der Waals surface area contributed by atoms with E-state index in [1.165, 1.54) is 0 Å². The second kappa shape index (κ2) is 5.19. The predicted octanol–water partition coefficient (Wildman–Crippen LogP) is 3.73. The van der Waals surface area contributed by atoms with Gasteiger partial charge in [0.25, 0.3) is 0 Å². The van der Waals surface area contributed by atoms with Gasteiger partial charge < -0.3 is 10.5 Å². The Kier molecular flexibility index (Phi) is 3.63. The normalized spacial score (nSPS) is 10.1. The molecule has 0 fully saturated rings. The Labute approximate surface area is 112 Å². The SMILES string of the molecule is Cc1ccc(C)c(Oc2ccccc2C(N)=S)c1. The summed E-state index contributed by atoms with van der Waals surface area (Å²) in [7, 11) is 0. The molecule has 0 saturated heterocycles. The molecule has 0 radical (unpaired) electrons. The summed E-state index contributed by atoms with van der Waals surface area (Å²) >= 11 is 5.02. The van der Waals surface area contributed by atoms with Gasteiger partial charge in [-0.2, -0.15) is 0 Å². The number of aryl methyl sites for hydroxylation is 2. The van der Waals surface area contributed by atoms with E-state index in [1.807, 2.05) is 50.2 Å². The Morgan fingerprint density at radius 1 is 1.06 bits per heavy atom. The monoisotopic (exact) mass is 257 g/mol. The fourth-order valence-corrected chi connectivity index (χ4v) is 1.86. The summed E-state index contributed by atoms with van der Waals surface area (Å²) in [6.07, 6.45) is 0. The van der Waals surface area contributed by atoms with E-state index in [0.29, 0.717) is 10.7 Å². The first kappa shape index (κ1) is 12.6. The summed E-state index contributed by atoms with van der Waals surface area (Å²) in [4.78, 5) is 0.343. The molecule has 0 unspecified atom stereocenters. The standard InChI is InChI=1S/C15H15NOS/c1-10-7-8-11(2)14(9-10)17-13-6-4-3-5-12(13)15(16)18/h3-9H,1-2H3,(H2,16,18). The zero-order chi connectivity index (χ0) is 13.1. The van der Waals surface area contributed by atoms with Gasteiger partial charge in [0.1, 0.15) is 16.5 Å². The maximum absolute atomic E-state index is 5.91. The van der Waals surface area contributed by atoms with Crippen LogP contribution in [0.5, 0.6) is 11.5 Å². The molecule has 2 N–H and O–H groups in total. The van der Waals surface area contributed by atoms with Crippen LogP contribution in [0.3, 0.4) is 0 Å². The molecular weight excluding hydrogens is 242 g/mol. The maximum atomic E-state index is 5.91. The van der Waals surface area contributed by atoms with Crippen LogP contribution in [0.1, 0.15) is 16.7 Å². The van der Waals surface area contributed by atoms with Gasteiger partial charge in [0.15, 0.2) is 0 Å². The van der Waals surface area contributed by atoms with E-state index in [1.54, 1.807) is 0 Å². The first-order valence-electron chi connectivity index (χ1n) is 5.72. The van der Waals surface area contributed by atoms with Crippen LogP contribution in [-0.4, -0.2) is 4.99 Å². The fourth-order valence-electron chi connectivity index (χ4n) is 1.69. The molecule has 0 amide bonds. The lowest BCUT2D eigenvalue weighted by atomic mass is 10.1. The summed E-state index contributed by atoms with van der Waals surface area (Å²) in [5.41, 5.74) is 8.68. The lowest BCUT2D eigenvalue weighted by Crippen LogP contribution is -2.10. The van der Waals surface area contributed by atoms with Crippen LogP contribution < -0.4 is 10.5 Å². The van der Waals surface area contributed by atoms with E-state index < -0.39 is 0 Å². The van der Waals surface area contributed by atoms with E-state index in [9.17, 15) is 0 Å². The quantitative estimate of drug-likeness (QED) is 0.851. The Morgan fingerprint density at radius 2 is 1.78 bits per heavy atom. The Bertz CT molecular complexity index is 593. The number of hydrogen-bond donors (Lipinski definition) is 1. The number of hydrogen-bond acceptors (Lipinski definition) is 2. The van der Waals surface area contributed by atoms with Crippen molar-refractivity contribution in [2.45, 2.75) is 13.8 Å². The van der Waals surface area contributed by atoms with Gasteiger partial charge in [-0.05, 0) is 43.2 Å². The second-order valence-corrected chi connectivity index (χ2v) is 4.67. The molecule has 0 bridgehead atoms. The molecule has 2 aromatic rings. The maximum Gasteiger partial charge on any atom is 0.137 e. The molecule has 0 aliphatic carbocycles. The van der Waals surface area contributed by atoms with Crippen molar-refractivity contribution < 1.29 is 4.74 Å². The van der Waals surface area contributed by atoms with E-state index in [-0.39, 0.29) is 0 Å². The van der Waals surface area contributed by atoms with Crippen LogP contribution >= 0.6 is 12.2 Å². The lowest BCUT2D eigenvalue weighted by Gasteiger charge is -2.12. The topological polar surface area (TPSA) is 35.2 Å². The Morgan fingerprint density at radius 3 is 2.50 bits per heavy atom. The van der Waals surface area contributed by atoms with Gasteiger partial charge in [0.05, 0.1) is 5.56 Å². The first-order chi connectivity index (χ1) is 8.58. The molecule has 3 heteroatoms. The molecule has 0 heterocycles. The van der Waals surface area contributed by atoms with Crippen molar-refractivity contribution in [2.24, 2.45) is 5.73 Å². The number of para-hydroxylation sites is 1. The van der Waals surface area contributed by atoms with Gasteiger partial charge in [-0.25, -0.2) is 0 Å². The molecule has 0 aliphatic rings. The van der Waals surface area contributed by atoms with Crippen molar-refractivity contribution in [3.63, 3.8) is 0 Å². The zero-order valence-corrected chi connectivity index (χ0v) is 11.3. The summed E-state index contributed by atoms with van der Waals surface area (Å²) < 4.78 is 5.91. The molecule has 0 aliphatic heterocycles. The van der Waals surface area contributed by atoms with Gasteiger partial charge in [-0.1, -0.05) is 36.5 Å². The summed E-state index contributed by atoms with van der Waals surface area (Å²) in [5, 5.41) is 0. The van der Waals surface area contributed by atoms with Crippen molar-refractivity contribution >= 4 is 17.2 Å². The molecule has 0 spiro atoms. The van der Waals surface area contributed by atoms with Crippen molar-refractivity contribution in [1.82, 2.24) is 0 Å². The minimum Gasteiger partial charge on any atom is -0.456 e. The largest absolute Gasteiger partial charge is 0.456 e. The lowest BCUT2D eigenvalue weighted by molar-refractivity contribution is 0.477. The second-order valence-electron chi connectivity index (χ2n) is 4.23. The van der Waals surface area contributed by atoms with Gasteiger partial charge in [0, 0.05) is 0 Å². The summed E-state index contributed by atoms with van der Waals surface area (Å²) in [6, 6.07) is 13.6. The Hall–Kier alpha value is -1.87. The van der Waals surface area contributed by atoms with Gasteiger partial charge in [0.2, 0.25) is 0 Å². The van der Waals surface area contributed by atoms with Crippen molar-refractivity contribution in [3.8, 4) is 11.5 Å². The number of ether oxygens (including phenoxy) is 1. The van der Waals surface area contributed by atoms with Crippen LogP contribution in [0.15, 0.2) is 42.5 Å². The number of nitrogens with two attached hydrogens (primary N) is 1. The molecule has 2 aromatic carbocycles. The molecule has 0 saturated carbocycles. The first-order valence-corrected chi connectivity index (χ1v) is 6.12.